The van der Waals surface area contributed by atoms with E-state index in [1.807, 2.05) is 0 Å². The predicted octanol–water partition coefficient (Wildman–Crippen LogP) is 3.10. The van der Waals surface area contributed by atoms with Crippen molar-refractivity contribution in [3.05, 3.63) is 35.4 Å². The Labute approximate surface area is 117 Å². The van der Waals surface area contributed by atoms with Gasteiger partial charge in [-0.15, -0.1) is 0 Å². The molecular weight excluding hydrogens is 234 g/mol. The fraction of sp³-hybridized carbons (Fsp3) is 0.647. The molecule has 19 heavy (non-hydrogen) atoms. The normalized spacial score (nSPS) is 21.6. The molecule has 0 spiro atoms. The van der Waals surface area contributed by atoms with Gasteiger partial charge < -0.3 is 10.4 Å². The molecule has 1 saturated heterocycles. The highest BCUT2D eigenvalue weighted by atomic mass is 16.3. The summed E-state index contributed by atoms with van der Waals surface area (Å²) >= 11 is 0. The number of aliphatic hydroxyl groups is 1. The summed E-state index contributed by atoms with van der Waals surface area (Å²) in [6.07, 6.45) is 4.08. The number of hydrogen-bond donors (Lipinski definition) is 2. The van der Waals surface area contributed by atoms with Gasteiger partial charge in [0.1, 0.15) is 0 Å². The first-order valence-electron chi connectivity index (χ1n) is 7.64. The zero-order valence-electron chi connectivity index (χ0n) is 12.2. The molecule has 0 saturated carbocycles. The van der Waals surface area contributed by atoms with Crippen molar-refractivity contribution in [3.8, 4) is 0 Å². The monoisotopic (exact) mass is 261 g/mol. The Morgan fingerprint density at radius 2 is 2.00 bits per heavy atom. The summed E-state index contributed by atoms with van der Waals surface area (Å²) in [5.74, 6) is 1.04. The summed E-state index contributed by atoms with van der Waals surface area (Å²) in [4.78, 5) is 0. The molecule has 1 aliphatic heterocycles. The van der Waals surface area contributed by atoms with Gasteiger partial charge in [0, 0.05) is 6.54 Å². The van der Waals surface area contributed by atoms with Crippen LogP contribution in [0, 0.1) is 5.92 Å². The molecule has 0 aliphatic carbocycles. The number of hydrogen-bond acceptors (Lipinski definition) is 2. The number of rotatable bonds is 5. The van der Waals surface area contributed by atoms with Crippen LogP contribution in [0.5, 0.6) is 0 Å². The first-order chi connectivity index (χ1) is 9.16. The average Bonchev–Trinajstić information content (AvgIpc) is 2.46. The minimum absolute atomic E-state index is 0.155. The predicted molar refractivity (Wildman–Crippen MR) is 80.5 cm³/mol. The lowest BCUT2D eigenvalue weighted by atomic mass is 9.90. The minimum Gasteiger partial charge on any atom is -0.393 e. The number of piperidine rings is 1. The van der Waals surface area contributed by atoms with Crippen LogP contribution in [0.3, 0.4) is 0 Å². The van der Waals surface area contributed by atoms with E-state index < -0.39 is 0 Å². The zero-order valence-corrected chi connectivity index (χ0v) is 12.2. The molecule has 0 bridgehead atoms. The van der Waals surface area contributed by atoms with Gasteiger partial charge in [0.2, 0.25) is 0 Å². The van der Waals surface area contributed by atoms with Crippen molar-refractivity contribution in [1.82, 2.24) is 5.32 Å². The highest BCUT2D eigenvalue weighted by molar-refractivity contribution is 5.24. The smallest absolute Gasteiger partial charge is 0.0583 e. The van der Waals surface area contributed by atoms with E-state index in [0.29, 0.717) is 11.8 Å². The van der Waals surface area contributed by atoms with Crippen LogP contribution < -0.4 is 5.32 Å². The largest absolute Gasteiger partial charge is 0.393 e. The quantitative estimate of drug-likeness (QED) is 0.853. The molecule has 2 atom stereocenters. The Kier molecular flexibility index (Phi) is 5.41. The number of benzene rings is 1. The summed E-state index contributed by atoms with van der Waals surface area (Å²) < 4.78 is 0. The van der Waals surface area contributed by atoms with Gasteiger partial charge >= 0.3 is 0 Å². The van der Waals surface area contributed by atoms with Crippen LogP contribution in [0.25, 0.3) is 0 Å². The highest BCUT2D eigenvalue weighted by Crippen LogP contribution is 2.20. The van der Waals surface area contributed by atoms with E-state index in [2.05, 4.69) is 43.4 Å². The lowest BCUT2D eigenvalue weighted by molar-refractivity contribution is 0.0844. The summed E-state index contributed by atoms with van der Waals surface area (Å²) in [6, 6.07) is 8.85. The van der Waals surface area contributed by atoms with Crippen molar-refractivity contribution in [2.45, 2.75) is 51.6 Å². The first-order valence-corrected chi connectivity index (χ1v) is 7.64. The van der Waals surface area contributed by atoms with E-state index in [0.717, 1.165) is 25.9 Å². The van der Waals surface area contributed by atoms with Gasteiger partial charge in [0.15, 0.2) is 0 Å². The summed E-state index contributed by atoms with van der Waals surface area (Å²) in [7, 11) is 0. The summed E-state index contributed by atoms with van der Waals surface area (Å²) in [6.45, 7) is 6.52. The van der Waals surface area contributed by atoms with Gasteiger partial charge in [0.05, 0.1) is 6.10 Å². The van der Waals surface area contributed by atoms with E-state index >= 15 is 0 Å². The topological polar surface area (TPSA) is 32.3 Å². The van der Waals surface area contributed by atoms with Crippen LogP contribution in [0.15, 0.2) is 24.3 Å². The van der Waals surface area contributed by atoms with Gasteiger partial charge in [0.25, 0.3) is 0 Å². The van der Waals surface area contributed by atoms with Crippen LogP contribution in [0.4, 0.5) is 0 Å². The Morgan fingerprint density at radius 3 is 2.58 bits per heavy atom. The van der Waals surface area contributed by atoms with Crippen molar-refractivity contribution < 1.29 is 5.11 Å². The Hall–Kier alpha value is -0.860. The molecule has 1 heterocycles. The van der Waals surface area contributed by atoms with Crippen molar-refractivity contribution in [3.63, 3.8) is 0 Å². The number of nitrogens with one attached hydrogen (secondary N) is 1. The molecule has 0 radical (unpaired) electrons. The van der Waals surface area contributed by atoms with E-state index in [-0.39, 0.29) is 6.10 Å². The van der Waals surface area contributed by atoms with Gasteiger partial charge in [-0.2, -0.15) is 0 Å². The third kappa shape index (κ3) is 4.32. The first kappa shape index (κ1) is 14.5. The van der Waals surface area contributed by atoms with E-state index in [1.54, 1.807) is 0 Å². The number of aryl methyl sites for hydroxylation is 1. The molecule has 1 aromatic rings. The van der Waals surface area contributed by atoms with Crippen molar-refractivity contribution in [1.29, 1.82) is 0 Å². The third-order valence-corrected chi connectivity index (χ3v) is 4.25. The van der Waals surface area contributed by atoms with Gasteiger partial charge in [-0.25, -0.2) is 0 Å². The second kappa shape index (κ2) is 7.06. The molecular formula is C17H27NO. The van der Waals surface area contributed by atoms with E-state index in [4.69, 9.17) is 0 Å². The zero-order chi connectivity index (χ0) is 13.7. The third-order valence-electron chi connectivity index (χ3n) is 4.25. The van der Waals surface area contributed by atoms with Gasteiger partial charge in [-0.1, -0.05) is 38.1 Å². The maximum absolute atomic E-state index is 10.2. The second-order valence-corrected chi connectivity index (χ2v) is 6.11. The maximum atomic E-state index is 10.2. The van der Waals surface area contributed by atoms with E-state index in [1.165, 1.54) is 24.0 Å². The van der Waals surface area contributed by atoms with Crippen LogP contribution in [-0.2, 0) is 6.42 Å². The second-order valence-electron chi connectivity index (χ2n) is 6.11. The van der Waals surface area contributed by atoms with E-state index in [9.17, 15) is 5.11 Å². The molecule has 1 fully saturated rings. The maximum Gasteiger partial charge on any atom is 0.0583 e. The molecule has 2 rings (SSSR count). The highest BCUT2D eigenvalue weighted by Gasteiger charge is 2.20. The van der Waals surface area contributed by atoms with Gasteiger partial charge in [-0.05, 0) is 55.2 Å². The molecule has 2 unspecified atom stereocenters. The van der Waals surface area contributed by atoms with Crippen molar-refractivity contribution >= 4 is 0 Å². The molecule has 1 aliphatic rings. The van der Waals surface area contributed by atoms with Crippen LogP contribution in [-0.4, -0.2) is 24.3 Å². The Balaban J connectivity index is 1.80. The number of aliphatic hydroxyl groups excluding tert-OH is 1. The summed E-state index contributed by atoms with van der Waals surface area (Å²) in [5.41, 5.74) is 2.73. The van der Waals surface area contributed by atoms with Crippen LogP contribution in [0.2, 0.25) is 0 Å². The molecule has 106 valence electrons. The van der Waals surface area contributed by atoms with Crippen LogP contribution >= 0.6 is 0 Å². The minimum atomic E-state index is -0.155. The fourth-order valence-electron chi connectivity index (χ4n) is 2.83. The standard InChI is InChI=1S/C17H27NO/c1-13(2)15-8-5-14(6-9-15)7-10-17(19)16-4-3-11-18-12-16/h5-6,8-9,13,16-19H,3-4,7,10-12H2,1-2H3. The van der Waals surface area contributed by atoms with Crippen molar-refractivity contribution in [2.75, 3.05) is 13.1 Å². The Morgan fingerprint density at radius 1 is 1.26 bits per heavy atom. The lowest BCUT2D eigenvalue weighted by Gasteiger charge is -2.27. The summed E-state index contributed by atoms with van der Waals surface area (Å²) in [5, 5.41) is 13.6. The van der Waals surface area contributed by atoms with Crippen LogP contribution in [0.1, 0.15) is 50.2 Å². The molecule has 0 amide bonds. The molecule has 0 aromatic heterocycles. The fourth-order valence-corrected chi connectivity index (χ4v) is 2.83. The SMILES string of the molecule is CC(C)c1ccc(CCC(O)C2CCCNC2)cc1. The van der Waals surface area contributed by atoms with Crippen molar-refractivity contribution in [2.24, 2.45) is 5.92 Å². The Bertz CT molecular complexity index is 365. The van der Waals surface area contributed by atoms with Gasteiger partial charge in [-0.3, -0.25) is 0 Å². The molecule has 2 nitrogen and oxygen atoms in total. The molecule has 2 heteroatoms. The molecule has 1 aromatic carbocycles. The lowest BCUT2D eigenvalue weighted by Crippen LogP contribution is -2.36. The molecule has 2 N–H and O–H groups in total. The average molecular weight is 261 g/mol.